The van der Waals surface area contributed by atoms with Gasteiger partial charge in [0.25, 0.3) is 0 Å². The summed E-state index contributed by atoms with van der Waals surface area (Å²) in [5, 5.41) is 3.42. The summed E-state index contributed by atoms with van der Waals surface area (Å²) < 4.78 is 6.65. The standard InChI is InChI=1S/C18H19BrClNO2/c1-2-13-8-9-17(16(19)11-13)23-10-4-7-18(22)21-15-6-3-5-14(20)12-15/h3,5-6,8-9,11-12H,2,4,7,10H2,1H3,(H,21,22). The maximum absolute atomic E-state index is 11.9. The van der Waals surface area contributed by atoms with Crippen molar-refractivity contribution in [2.45, 2.75) is 26.2 Å². The average molecular weight is 397 g/mol. The van der Waals surface area contributed by atoms with Gasteiger partial charge in [-0.1, -0.05) is 30.7 Å². The molecule has 0 fully saturated rings. The molecule has 2 aromatic rings. The maximum Gasteiger partial charge on any atom is 0.224 e. The highest BCUT2D eigenvalue weighted by Gasteiger charge is 2.05. The van der Waals surface area contributed by atoms with Crippen molar-refractivity contribution in [3.63, 3.8) is 0 Å². The van der Waals surface area contributed by atoms with E-state index in [1.807, 2.05) is 18.2 Å². The molecule has 0 aliphatic rings. The van der Waals surface area contributed by atoms with E-state index >= 15 is 0 Å². The molecule has 0 heterocycles. The van der Waals surface area contributed by atoms with E-state index < -0.39 is 0 Å². The minimum Gasteiger partial charge on any atom is -0.492 e. The summed E-state index contributed by atoms with van der Waals surface area (Å²) in [4.78, 5) is 11.9. The van der Waals surface area contributed by atoms with Crippen LogP contribution in [0.2, 0.25) is 5.02 Å². The van der Waals surface area contributed by atoms with Crippen molar-refractivity contribution in [2.24, 2.45) is 0 Å². The first-order valence-electron chi connectivity index (χ1n) is 7.55. The van der Waals surface area contributed by atoms with E-state index in [0.29, 0.717) is 30.2 Å². The van der Waals surface area contributed by atoms with Crippen LogP contribution in [-0.2, 0) is 11.2 Å². The second-order valence-corrected chi connectivity index (χ2v) is 6.42. The van der Waals surface area contributed by atoms with Crippen LogP contribution in [0.15, 0.2) is 46.9 Å². The third-order valence-electron chi connectivity index (χ3n) is 3.32. The van der Waals surface area contributed by atoms with Gasteiger partial charge in [-0.2, -0.15) is 0 Å². The van der Waals surface area contributed by atoms with Crippen molar-refractivity contribution in [3.05, 3.63) is 57.5 Å². The predicted molar refractivity (Wildman–Crippen MR) is 98.3 cm³/mol. The largest absolute Gasteiger partial charge is 0.492 e. The van der Waals surface area contributed by atoms with Gasteiger partial charge in [0.2, 0.25) is 5.91 Å². The molecule has 0 aliphatic carbocycles. The fraction of sp³-hybridized carbons (Fsp3) is 0.278. The van der Waals surface area contributed by atoms with Gasteiger partial charge in [-0.05, 0) is 64.7 Å². The first-order valence-corrected chi connectivity index (χ1v) is 8.72. The number of aryl methyl sites for hydroxylation is 1. The second kappa shape index (κ2) is 8.94. The number of carbonyl (C=O) groups excluding carboxylic acids is 1. The summed E-state index contributed by atoms with van der Waals surface area (Å²) in [6.07, 6.45) is 2.04. The quantitative estimate of drug-likeness (QED) is 0.631. The van der Waals surface area contributed by atoms with Crippen LogP contribution in [-0.4, -0.2) is 12.5 Å². The number of nitrogens with one attached hydrogen (secondary N) is 1. The Hall–Kier alpha value is -1.52. The van der Waals surface area contributed by atoms with Crippen molar-refractivity contribution >= 4 is 39.1 Å². The number of ether oxygens (including phenoxy) is 1. The summed E-state index contributed by atoms with van der Waals surface area (Å²) in [5.41, 5.74) is 1.96. The van der Waals surface area contributed by atoms with Crippen LogP contribution in [0, 0.1) is 0 Å². The molecule has 5 heteroatoms. The van der Waals surface area contributed by atoms with Gasteiger partial charge in [-0.25, -0.2) is 0 Å². The molecule has 0 atom stereocenters. The van der Waals surface area contributed by atoms with Crippen molar-refractivity contribution < 1.29 is 9.53 Å². The van der Waals surface area contributed by atoms with E-state index in [1.54, 1.807) is 18.2 Å². The molecule has 0 aliphatic heterocycles. The van der Waals surface area contributed by atoms with Gasteiger partial charge in [-0.15, -0.1) is 0 Å². The number of anilines is 1. The summed E-state index contributed by atoms with van der Waals surface area (Å²) in [7, 11) is 0. The van der Waals surface area contributed by atoms with Crippen molar-refractivity contribution in [2.75, 3.05) is 11.9 Å². The molecular formula is C18H19BrClNO2. The Balaban J connectivity index is 1.73. The fourth-order valence-electron chi connectivity index (χ4n) is 2.09. The lowest BCUT2D eigenvalue weighted by Gasteiger charge is -2.09. The molecule has 0 spiro atoms. The number of amides is 1. The van der Waals surface area contributed by atoms with Crippen LogP contribution in [0.4, 0.5) is 5.69 Å². The Kier molecular flexibility index (Phi) is 6.93. The number of halogens is 2. The number of hydrogen-bond acceptors (Lipinski definition) is 2. The van der Waals surface area contributed by atoms with Gasteiger partial charge in [-0.3, -0.25) is 4.79 Å². The van der Waals surface area contributed by atoms with Crippen LogP contribution in [0.3, 0.4) is 0 Å². The van der Waals surface area contributed by atoms with Crippen molar-refractivity contribution in [1.29, 1.82) is 0 Å². The smallest absolute Gasteiger partial charge is 0.224 e. The number of hydrogen-bond donors (Lipinski definition) is 1. The molecule has 1 N–H and O–H groups in total. The third-order valence-corrected chi connectivity index (χ3v) is 4.17. The first-order chi connectivity index (χ1) is 11.1. The zero-order valence-corrected chi connectivity index (χ0v) is 15.3. The fourth-order valence-corrected chi connectivity index (χ4v) is 2.82. The van der Waals surface area contributed by atoms with Crippen LogP contribution in [0.25, 0.3) is 0 Å². The second-order valence-electron chi connectivity index (χ2n) is 5.13. The molecule has 23 heavy (non-hydrogen) atoms. The molecule has 0 unspecified atom stereocenters. The molecule has 0 bridgehead atoms. The summed E-state index contributed by atoms with van der Waals surface area (Å²) in [6, 6.07) is 13.2. The highest BCUT2D eigenvalue weighted by molar-refractivity contribution is 9.10. The Morgan fingerprint density at radius 1 is 1.26 bits per heavy atom. The monoisotopic (exact) mass is 395 g/mol. The highest BCUT2D eigenvalue weighted by atomic mass is 79.9. The van der Waals surface area contributed by atoms with E-state index in [4.69, 9.17) is 16.3 Å². The first kappa shape index (κ1) is 17.8. The highest BCUT2D eigenvalue weighted by Crippen LogP contribution is 2.26. The molecular weight excluding hydrogens is 378 g/mol. The van der Waals surface area contributed by atoms with Crippen LogP contribution < -0.4 is 10.1 Å². The average Bonchev–Trinajstić information content (AvgIpc) is 2.52. The molecule has 0 saturated heterocycles. The maximum atomic E-state index is 11.9. The van der Waals surface area contributed by atoms with Crippen LogP contribution in [0.1, 0.15) is 25.3 Å². The zero-order chi connectivity index (χ0) is 16.7. The van der Waals surface area contributed by atoms with Gasteiger partial charge >= 0.3 is 0 Å². The number of benzene rings is 2. The Morgan fingerprint density at radius 3 is 2.78 bits per heavy atom. The minimum atomic E-state index is -0.0451. The molecule has 0 saturated carbocycles. The van der Waals surface area contributed by atoms with E-state index in [1.165, 1.54) is 5.56 Å². The van der Waals surface area contributed by atoms with Crippen LogP contribution in [0.5, 0.6) is 5.75 Å². The Bertz CT molecular complexity index is 676. The lowest BCUT2D eigenvalue weighted by Crippen LogP contribution is -2.12. The zero-order valence-electron chi connectivity index (χ0n) is 12.9. The summed E-state index contributed by atoms with van der Waals surface area (Å²) >= 11 is 9.39. The normalized spacial score (nSPS) is 10.4. The topological polar surface area (TPSA) is 38.3 Å². The van der Waals surface area contributed by atoms with Gasteiger partial charge in [0, 0.05) is 17.1 Å². The molecule has 3 nitrogen and oxygen atoms in total. The minimum absolute atomic E-state index is 0.0451. The lowest BCUT2D eigenvalue weighted by atomic mass is 10.2. The Labute approximate surface area is 150 Å². The summed E-state index contributed by atoms with van der Waals surface area (Å²) in [6.45, 7) is 2.61. The third kappa shape index (κ3) is 5.88. The molecule has 1 amide bonds. The van der Waals surface area contributed by atoms with Gasteiger partial charge in [0.1, 0.15) is 5.75 Å². The molecule has 122 valence electrons. The number of rotatable bonds is 7. The predicted octanol–water partition coefficient (Wildman–Crippen LogP) is 5.46. The van der Waals surface area contributed by atoms with Gasteiger partial charge < -0.3 is 10.1 Å². The molecule has 2 aromatic carbocycles. The van der Waals surface area contributed by atoms with Crippen molar-refractivity contribution in [3.8, 4) is 5.75 Å². The number of carbonyl (C=O) groups is 1. The molecule has 0 radical (unpaired) electrons. The SMILES string of the molecule is CCc1ccc(OCCCC(=O)Nc2cccc(Cl)c2)c(Br)c1. The van der Waals surface area contributed by atoms with E-state index in [-0.39, 0.29) is 5.91 Å². The van der Waals surface area contributed by atoms with E-state index in [2.05, 4.69) is 34.2 Å². The molecule has 0 aromatic heterocycles. The Morgan fingerprint density at radius 2 is 2.09 bits per heavy atom. The molecule has 2 rings (SSSR count). The van der Waals surface area contributed by atoms with E-state index in [9.17, 15) is 4.79 Å². The van der Waals surface area contributed by atoms with Gasteiger partial charge in [0.05, 0.1) is 11.1 Å². The van der Waals surface area contributed by atoms with Gasteiger partial charge in [0.15, 0.2) is 0 Å². The summed E-state index contributed by atoms with van der Waals surface area (Å²) in [5.74, 6) is 0.758. The lowest BCUT2D eigenvalue weighted by molar-refractivity contribution is -0.116. The van der Waals surface area contributed by atoms with Crippen molar-refractivity contribution in [1.82, 2.24) is 0 Å². The van der Waals surface area contributed by atoms with E-state index in [0.717, 1.165) is 16.6 Å². The van der Waals surface area contributed by atoms with Crippen LogP contribution >= 0.6 is 27.5 Å².